The largest absolute Gasteiger partial charge is 0.276 e. The standard InChI is InChI=1S/C35H21N3OS2/c39-41(22-12-2-1-3-13-22)30-21-11-8-18-27(30)36-35(37-41)38-28-19-9-6-16-25(28)31-23-14-4-5-15-24(23)32-26-17-7-10-20-29(26)40-34(32)33(31)38/h1-21H. The Hall–Kier alpha value is -4.78. The summed E-state index contributed by atoms with van der Waals surface area (Å²) >= 11 is 1.79. The van der Waals surface area contributed by atoms with Gasteiger partial charge in [-0.25, -0.2) is 9.20 Å². The number of fused-ring (bicyclic) bond motifs is 11. The molecule has 194 valence electrons. The Kier molecular flexibility index (Phi) is 4.69. The second-order valence-electron chi connectivity index (χ2n) is 10.2. The maximum Gasteiger partial charge on any atom is 0.244 e. The fourth-order valence-electron chi connectivity index (χ4n) is 6.29. The molecule has 1 aliphatic heterocycles. The van der Waals surface area contributed by atoms with Crippen LogP contribution in [0, 0.1) is 0 Å². The molecule has 6 aromatic carbocycles. The highest BCUT2D eigenvalue weighted by Crippen LogP contribution is 2.47. The van der Waals surface area contributed by atoms with Crippen molar-refractivity contribution in [2.45, 2.75) is 9.79 Å². The van der Waals surface area contributed by atoms with Gasteiger partial charge in [0.25, 0.3) is 0 Å². The van der Waals surface area contributed by atoms with Crippen LogP contribution in [0.2, 0.25) is 0 Å². The molecule has 0 radical (unpaired) electrons. The third-order valence-corrected chi connectivity index (χ3v) is 11.5. The molecule has 1 unspecified atom stereocenters. The molecule has 6 heteroatoms. The predicted molar refractivity (Wildman–Crippen MR) is 172 cm³/mol. The molecule has 0 aliphatic carbocycles. The molecular weight excluding hydrogens is 543 g/mol. The van der Waals surface area contributed by atoms with Gasteiger partial charge in [0.2, 0.25) is 5.96 Å². The molecule has 0 spiro atoms. The van der Waals surface area contributed by atoms with E-state index in [4.69, 9.17) is 9.36 Å². The van der Waals surface area contributed by atoms with Gasteiger partial charge in [-0.05, 0) is 47.2 Å². The average molecular weight is 564 g/mol. The topological polar surface area (TPSA) is 46.7 Å². The van der Waals surface area contributed by atoms with Gasteiger partial charge in [-0.15, -0.1) is 11.3 Å². The summed E-state index contributed by atoms with van der Waals surface area (Å²) in [5, 5.41) is 7.19. The summed E-state index contributed by atoms with van der Waals surface area (Å²) in [7, 11) is -2.98. The predicted octanol–water partition coefficient (Wildman–Crippen LogP) is 9.75. The molecule has 4 nitrogen and oxygen atoms in total. The van der Waals surface area contributed by atoms with Crippen LogP contribution in [0.3, 0.4) is 0 Å². The quantitative estimate of drug-likeness (QED) is 0.196. The number of hydrogen-bond acceptors (Lipinski definition) is 4. The summed E-state index contributed by atoms with van der Waals surface area (Å²) in [6.07, 6.45) is 0. The summed E-state index contributed by atoms with van der Waals surface area (Å²) in [4.78, 5) is 6.41. The Labute approximate surface area is 240 Å². The lowest BCUT2D eigenvalue weighted by Gasteiger charge is -2.19. The monoisotopic (exact) mass is 563 g/mol. The van der Waals surface area contributed by atoms with E-state index in [1.54, 1.807) is 11.3 Å². The van der Waals surface area contributed by atoms with Crippen LogP contribution in [0.4, 0.5) is 5.69 Å². The van der Waals surface area contributed by atoms with Gasteiger partial charge in [0.15, 0.2) is 0 Å². The Balaban J connectivity index is 1.53. The molecule has 0 N–H and O–H groups in total. The van der Waals surface area contributed by atoms with Crippen molar-refractivity contribution in [2.75, 3.05) is 0 Å². The van der Waals surface area contributed by atoms with Crippen molar-refractivity contribution >= 4 is 85.5 Å². The number of benzene rings is 6. The van der Waals surface area contributed by atoms with Crippen LogP contribution in [-0.4, -0.2) is 14.7 Å². The SMILES string of the molecule is O=S1(c2ccccc2)=NC(n2c3ccccc3c3c4ccccc4c4c5ccccc5sc4c32)=Nc2ccccc21. The summed E-state index contributed by atoms with van der Waals surface area (Å²) in [5.74, 6) is 0.442. The maximum absolute atomic E-state index is 15.0. The molecule has 0 amide bonds. The van der Waals surface area contributed by atoms with E-state index in [0.717, 1.165) is 16.4 Å². The molecular formula is C35H21N3OS2. The van der Waals surface area contributed by atoms with Crippen LogP contribution in [0.5, 0.6) is 0 Å². The number of hydrogen-bond donors (Lipinski definition) is 0. The Morgan fingerprint density at radius 2 is 1.24 bits per heavy atom. The van der Waals surface area contributed by atoms with Gasteiger partial charge in [0.1, 0.15) is 9.73 Å². The van der Waals surface area contributed by atoms with Crippen LogP contribution in [0.1, 0.15) is 0 Å². The lowest BCUT2D eigenvalue weighted by Crippen LogP contribution is -2.17. The van der Waals surface area contributed by atoms with E-state index < -0.39 is 9.73 Å². The van der Waals surface area contributed by atoms with Crippen LogP contribution in [0.15, 0.2) is 147 Å². The third kappa shape index (κ3) is 3.09. The first-order chi connectivity index (χ1) is 20.2. The van der Waals surface area contributed by atoms with Gasteiger partial charge in [-0.1, -0.05) is 91.0 Å². The molecule has 2 aromatic heterocycles. The second-order valence-corrected chi connectivity index (χ2v) is 13.4. The first kappa shape index (κ1) is 23.0. The molecule has 0 fully saturated rings. The van der Waals surface area contributed by atoms with E-state index in [9.17, 15) is 4.21 Å². The Bertz CT molecular complexity index is 2530. The number of nitrogens with zero attached hydrogens (tertiary/aromatic N) is 3. The van der Waals surface area contributed by atoms with Gasteiger partial charge < -0.3 is 0 Å². The second kappa shape index (κ2) is 8.36. The first-order valence-corrected chi connectivity index (χ1v) is 15.8. The van der Waals surface area contributed by atoms with Crippen LogP contribution in [0.25, 0.3) is 52.8 Å². The minimum atomic E-state index is -2.98. The summed E-state index contributed by atoms with van der Waals surface area (Å²) in [6.45, 7) is 0. The van der Waals surface area contributed by atoms with Crippen LogP contribution in [-0.2, 0) is 9.73 Å². The molecule has 0 saturated heterocycles. The fraction of sp³-hybridized carbons (Fsp3) is 0. The van der Waals surface area contributed by atoms with Crippen molar-refractivity contribution in [2.24, 2.45) is 9.36 Å². The molecule has 1 aliphatic rings. The van der Waals surface area contributed by atoms with Crippen molar-refractivity contribution in [1.82, 2.24) is 4.57 Å². The Morgan fingerprint density at radius 1 is 0.610 bits per heavy atom. The number of para-hydroxylation sites is 2. The van der Waals surface area contributed by atoms with Crippen molar-refractivity contribution in [3.8, 4) is 0 Å². The highest BCUT2D eigenvalue weighted by atomic mass is 32.2. The maximum atomic E-state index is 15.0. The zero-order valence-corrected chi connectivity index (χ0v) is 23.3. The molecule has 0 saturated carbocycles. The molecule has 8 aromatic rings. The average Bonchev–Trinajstić information content (AvgIpc) is 3.59. The first-order valence-electron chi connectivity index (χ1n) is 13.5. The van der Waals surface area contributed by atoms with Gasteiger partial charge in [0, 0.05) is 26.2 Å². The molecule has 41 heavy (non-hydrogen) atoms. The fourth-order valence-corrected chi connectivity index (χ4v) is 9.54. The van der Waals surface area contributed by atoms with Gasteiger partial charge in [-0.3, -0.25) is 4.57 Å². The van der Waals surface area contributed by atoms with E-state index >= 15 is 0 Å². The molecule has 3 heterocycles. The molecule has 1 atom stereocenters. The molecule has 0 bridgehead atoms. The lowest BCUT2D eigenvalue weighted by molar-refractivity contribution is 0.676. The summed E-state index contributed by atoms with van der Waals surface area (Å²) < 4.78 is 24.6. The lowest BCUT2D eigenvalue weighted by atomic mass is 9.99. The molecule has 9 rings (SSSR count). The van der Waals surface area contributed by atoms with Crippen molar-refractivity contribution in [3.63, 3.8) is 0 Å². The minimum Gasteiger partial charge on any atom is -0.276 e. The Morgan fingerprint density at radius 3 is 2.07 bits per heavy atom. The normalized spacial score (nSPS) is 16.8. The zero-order chi connectivity index (χ0) is 27.1. The van der Waals surface area contributed by atoms with Crippen molar-refractivity contribution in [3.05, 3.63) is 127 Å². The third-order valence-electron chi connectivity index (χ3n) is 8.01. The number of rotatable bonds is 1. The summed E-state index contributed by atoms with van der Waals surface area (Å²) in [6, 6.07) is 42.9. The zero-order valence-electron chi connectivity index (χ0n) is 21.7. The number of aromatic nitrogens is 1. The van der Waals surface area contributed by atoms with Gasteiger partial charge in [-0.2, -0.15) is 4.36 Å². The number of aliphatic imine (C=N–C) groups is 1. The summed E-state index contributed by atoms with van der Waals surface area (Å²) in [5.41, 5.74) is 2.73. The van der Waals surface area contributed by atoms with Crippen molar-refractivity contribution in [1.29, 1.82) is 0 Å². The highest BCUT2D eigenvalue weighted by molar-refractivity contribution is 7.94. The minimum absolute atomic E-state index is 0.442. The van der Waals surface area contributed by atoms with Crippen LogP contribution < -0.4 is 0 Å². The van der Waals surface area contributed by atoms with Gasteiger partial charge in [0.05, 0.1) is 31.2 Å². The number of thiophene rings is 1. The van der Waals surface area contributed by atoms with E-state index in [2.05, 4.69) is 71.3 Å². The highest BCUT2D eigenvalue weighted by Gasteiger charge is 2.28. The van der Waals surface area contributed by atoms with E-state index in [0.29, 0.717) is 21.4 Å². The van der Waals surface area contributed by atoms with Gasteiger partial charge >= 0.3 is 0 Å². The van der Waals surface area contributed by atoms with E-state index in [1.165, 1.54) is 36.3 Å². The van der Waals surface area contributed by atoms with E-state index in [1.807, 2.05) is 60.7 Å². The van der Waals surface area contributed by atoms with Crippen molar-refractivity contribution < 1.29 is 4.21 Å². The van der Waals surface area contributed by atoms with Crippen LogP contribution >= 0.6 is 11.3 Å². The smallest absolute Gasteiger partial charge is 0.244 e. The van der Waals surface area contributed by atoms with E-state index in [-0.39, 0.29) is 0 Å².